The summed E-state index contributed by atoms with van der Waals surface area (Å²) in [7, 11) is 1.47. The first-order valence-electron chi connectivity index (χ1n) is 4.67. The molecule has 8 heteroatoms. The highest BCUT2D eigenvalue weighted by atomic mass is 32.1. The number of aryl methyl sites for hydroxylation is 1. The average Bonchev–Trinajstić information content (AvgIpc) is 2.76. The third-order valence-electron chi connectivity index (χ3n) is 1.93. The van der Waals surface area contributed by atoms with E-state index in [1.165, 1.54) is 19.5 Å². The second kappa shape index (κ2) is 4.83. The van der Waals surface area contributed by atoms with Gasteiger partial charge in [-0.1, -0.05) is 4.49 Å². The maximum Gasteiger partial charge on any atom is 0.316 e. The summed E-state index contributed by atoms with van der Waals surface area (Å²) in [5.74, 6) is -0.272. The van der Waals surface area contributed by atoms with E-state index in [-0.39, 0.29) is 11.9 Å². The van der Waals surface area contributed by atoms with E-state index in [0.29, 0.717) is 16.3 Å². The molecule has 0 saturated heterocycles. The molecule has 88 valence electrons. The maximum atomic E-state index is 11.8. The molecule has 0 aliphatic rings. The number of rotatable bonds is 3. The van der Waals surface area contributed by atoms with Gasteiger partial charge in [0.25, 0.3) is 5.91 Å². The quantitative estimate of drug-likeness (QED) is 0.871. The van der Waals surface area contributed by atoms with Crippen molar-refractivity contribution in [3.63, 3.8) is 0 Å². The van der Waals surface area contributed by atoms with Gasteiger partial charge in [0.15, 0.2) is 0 Å². The predicted molar refractivity (Wildman–Crippen MR) is 61.2 cm³/mol. The van der Waals surface area contributed by atoms with Crippen LogP contribution in [0.5, 0.6) is 6.01 Å². The van der Waals surface area contributed by atoms with Gasteiger partial charge < -0.3 is 10.1 Å². The molecule has 7 nitrogen and oxygen atoms in total. The minimum Gasteiger partial charge on any atom is -0.467 e. The molecule has 0 spiro atoms. The van der Waals surface area contributed by atoms with Crippen LogP contribution in [0.2, 0.25) is 0 Å². The molecule has 0 aliphatic carbocycles. The Morgan fingerprint density at radius 3 is 2.65 bits per heavy atom. The molecule has 2 rings (SSSR count). The van der Waals surface area contributed by atoms with Crippen molar-refractivity contribution >= 4 is 23.1 Å². The van der Waals surface area contributed by atoms with E-state index < -0.39 is 0 Å². The van der Waals surface area contributed by atoms with Gasteiger partial charge in [0, 0.05) is 0 Å². The van der Waals surface area contributed by atoms with Crippen molar-refractivity contribution in [3.8, 4) is 6.01 Å². The summed E-state index contributed by atoms with van der Waals surface area (Å²) in [5.41, 5.74) is 1.09. The van der Waals surface area contributed by atoms with Gasteiger partial charge in [0.2, 0.25) is 0 Å². The highest BCUT2D eigenvalue weighted by Gasteiger charge is 2.13. The zero-order valence-corrected chi connectivity index (χ0v) is 9.98. The van der Waals surface area contributed by atoms with Gasteiger partial charge in [-0.05, 0) is 18.5 Å². The van der Waals surface area contributed by atoms with E-state index in [2.05, 4.69) is 24.9 Å². The van der Waals surface area contributed by atoms with E-state index in [1.807, 2.05) is 0 Å². The van der Waals surface area contributed by atoms with Crippen molar-refractivity contribution in [2.45, 2.75) is 6.92 Å². The summed E-state index contributed by atoms with van der Waals surface area (Å²) < 4.78 is 8.50. The number of nitrogens with one attached hydrogen (secondary N) is 1. The number of aromatic nitrogens is 4. The third-order valence-corrected chi connectivity index (χ3v) is 2.75. The Hall–Kier alpha value is -2.09. The van der Waals surface area contributed by atoms with Crippen LogP contribution in [0.25, 0.3) is 0 Å². The Labute approximate surface area is 101 Å². The molecule has 2 heterocycles. The van der Waals surface area contributed by atoms with E-state index in [9.17, 15) is 4.79 Å². The molecule has 0 unspecified atom stereocenters. The number of hydrogen-bond acceptors (Lipinski definition) is 7. The molecule has 0 bridgehead atoms. The second-order valence-electron chi connectivity index (χ2n) is 3.10. The van der Waals surface area contributed by atoms with Crippen LogP contribution >= 0.6 is 11.5 Å². The van der Waals surface area contributed by atoms with Gasteiger partial charge in [0.1, 0.15) is 4.88 Å². The van der Waals surface area contributed by atoms with Crippen LogP contribution in [0.3, 0.4) is 0 Å². The fourth-order valence-corrected chi connectivity index (χ4v) is 1.67. The summed E-state index contributed by atoms with van der Waals surface area (Å²) in [6.07, 6.45) is 2.93. The van der Waals surface area contributed by atoms with Crippen molar-refractivity contribution in [1.82, 2.24) is 19.6 Å². The normalized spacial score (nSPS) is 10.0. The Balaban J connectivity index is 2.10. The van der Waals surface area contributed by atoms with Crippen LogP contribution in [-0.2, 0) is 0 Å². The van der Waals surface area contributed by atoms with E-state index in [4.69, 9.17) is 4.74 Å². The van der Waals surface area contributed by atoms with Crippen molar-refractivity contribution in [2.75, 3.05) is 12.4 Å². The molecule has 1 amide bonds. The van der Waals surface area contributed by atoms with Crippen molar-refractivity contribution in [2.24, 2.45) is 0 Å². The Kier molecular flexibility index (Phi) is 3.24. The van der Waals surface area contributed by atoms with Crippen molar-refractivity contribution in [3.05, 3.63) is 23.0 Å². The molecule has 1 N–H and O–H groups in total. The first-order valence-corrected chi connectivity index (χ1v) is 5.44. The molecule has 2 aromatic rings. The minimum absolute atomic E-state index is 0.249. The Bertz CT molecular complexity index is 524. The van der Waals surface area contributed by atoms with Gasteiger partial charge in [0.05, 0.1) is 30.9 Å². The number of hydrogen-bond donors (Lipinski definition) is 1. The smallest absolute Gasteiger partial charge is 0.316 e. The monoisotopic (exact) mass is 251 g/mol. The molecule has 0 aromatic carbocycles. The topological polar surface area (TPSA) is 89.9 Å². The Morgan fingerprint density at radius 1 is 1.41 bits per heavy atom. The molecule has 0 atom stereocenters. The van der Waals surface area contributed by atoms with Crippen molar-refractivity contribution < 1.29 is 9.53 Å². The average molecular weight is 251 g/mol. The number of methoxy groups -OCH3 is 1. The van der Waals surface area contributed by atoms with E-state index in [0.717, 1.165) is 11.5 Å². The van der Waals surface area contributed by atoms with Crippen LogP contribution in [0.1, 0.15) is 15.4 Å². The zero-order chi connectivity index (χ0) is 12.3. The minimum atomic E-state index is -0.272. The van der Waals surface area contributed by atoms with Gasteiger partial charge in [-0.15, -0.1) is 5.10 Å². The summed E-state index contributed by atoms with van der Waals surface area (Å²) in [5, 5.41) is 6.41. The van der Waals surface area contributed by atoms with Crippen LogP contribution < -0.4 is 10.1 Å². The lowest BCUT2D eigenvalue weighted by Gasteiger charge is -2.03. The summed E-state index contributed by atoms with van der Waals surface area (Å²) >= 11 is 1.05. The van der Waals surface area contributed by atoms with Gasteiger partial charge >= 0.3 is 6.01 Å². The van der Waals surface area contributed by atoms with E-state index >= 15 is 0 Å². The molecule has 0 fully saturated rings. The first kappa shape index (κ1) is 11.4. The molecular formula is C9H9N5O2S. The predicted octanol–water partition coefficient (Wildman–Crippen LogP) is 0.897. The number of carbonyl (C=O) groups is 1. The number of amides is 1. The molecule has 2 aromatic heterocycles. The standard InChI is InChI=1S/C9H9N5O2S/c1-5-7(17-14-13-5)8(15)12-6-3-10-9(16-2)11-4-6/h3-4H,1-2H3,(H,12,15). The SMILES string of the molecule is COc1ncc(NC(=O)c2snnc2C)cn1. The molecule has 0 aliphatic heterocycles. The van der Waals surface area contributed by atoms with Crippen LogP contribution in [0.15, 0.2) is 12.4 Å². The second-order valence-corrected chi connectivity index (χ2v) is 3.85. The molecular weight excluding hydrogens is 242 g/mol. The number of nitrogens with zero attached hydrogens (tertiary/aromatic N) is 4. The van der Waals surface area contributed by atoms with Gasteiger partial charge in [-0.25, -0.2) is 9.97 Å². The maximum absolute atomic E-state index is 11.8. The molecule has 0 saturated carbocycles. The number of ether oxygens (including phenoxy) is 1. The van der Waals surface area contributed by atoms with Gasteiger partial charge in [-0.3, -0.25) is 4.79 Å². The fraction of sp³-hybridized carbons (Fsp3) is 0.222. The summed E-state index contributed by atoms with van der Waals surface area (Å²) in [6, 6.07) is 0.249. The number of carbonyl (C=O) groups excluding carboxylic acids is 1. The lowest BCUT2D eigenvalue weighted by molar-refractivity contribution is 0.102. The van der Waals surface area contributed by atoms with Crippen molar-refractivity contribution in [1.29, 1.82) is 0 Å². The summed E-state index contributed by atoms with van der Waals surface area (Å²) in [6.45, 7) is 1.73. The molecule has 0 radical (unpaired) electrons. The third kappa shape index (κ3) is 2.53. The van der Waals surface area contributed by atoms with Crippen LogP contribution in [-0.4, -0.2) is 32.6 Å². The largest absolute Gasteiger partial charge is 0.467 e. The zero-order valence-electron chi connectivity index (χ0n) is 9.17. The fourth-order valence-electron chi connectivity index (χ4n) is 1.11. The summed E-state index contributed by atoms with van der Waals surface area (Å²) in [4.78, 5) is 20.0. The molecule has 17 heavy (non-hydrogen) atoms. The first-order chi connectivity index (χ1) is 8.20. The van der Waals surface area contributed by atoms with Crippen LogP contribution in [0, 0.1) is 6.92 Å². The van der Waals surface area contributed by atoms with Crippen LogP contribution in [0.4, 0.5) is 5.69 Å². The Morgan fingerprint density at radius 2 is 2.12 bits per heavy atom. The van der Waals surface area contributed by atoms with E-state index in [1.54, 1.807) is 6.92 Å². The van der Waals surface area contributed by atoms with Gasteiger partial charge in [-0.2, -0.15) is 0 Å². The highest BCUT2D eigenvalue weighted by Crippen LogP contribution is 2.13. The lowest BCUT2D eigenvalue weighted by atomic mass is 10.3. The number of anilines is 1. The lowest BCUT2D eigenvalue weighted by Crippen LogP contribution is -2.12. The highest BCUT2D eigenvalue weighted by molar-refractivity contribution is 7.08.